The van der Waals surface area contributed by atoms with Crippen LogP contribution >= 0.6 is 11.6 Å². The Kier molecular flexibility index (Phi) is 2.25. The zero-order chi connectivity index (χ0) is 8.27. The topological polar surface area (TPSA) is 30.0 Å². The van der Waals surface area contributed by atoms with Crippen LogP contribution in [0.5, 0.6) is 0 Å². The van der Waals surface area contributed by atoms with Crippen molar-refractivity contribution in [2.45, 2.75) is 0 Å². The lowest BCUT2D eigenvalue weighted by Gasteiger charge is -1.91. The van der Waals surface area contributed by atoms with Crippen LogP contribution in [-0.4, -0.2) is 10.2 Å². The summed E-state index contributed by atoms with van der Waals surface area (Å²) in [6.45, 7) is 0. The molecule has 0 fully saturated rings. The van der Waals surface area contributed by atoms with Gasteiger partial charge in [-0.3, -0.25) is 9.78 Å². The van der Waals surface area contributed by atoms with Gasteiger partial charge in [0, 0.05) is 11.8 Å². The first-order chi connectivity index (χ1) is 5.24. The molecule has 0 saturated carbocycles. The Morgan fingerprint density at radius 2 is 2.36 bits per heavy atom. The molecule has 1 aromatic heterocycles. The molecule has 1 aromatic rings. The van der Waals surface area contributed by atoms with Crippen LogP contribution < -0.4 is 0 Å². The average Bonchev–Trinajstić information content (AvgIpc) is 2.05. The first kappa shape index (κ1) is 7.77. The fourth-order valence-corrected chi connectivity index (χ4v) is 0.707. The molecule has 2 nitrogen and oxygen atoms in total. The molecular weight excluding hydrogens is 162 g/mol. The number of aromatic nitrogens is 1. The Hall–Kier alpha value is -1.33. The van der Waals surface area contributed by atoms with E-state index in [-0.39, 0.29) is 5.69 Å². The van der Waals surface area contributed by atoms with Gasteiger partial charge in [0.1, 0.15) is 5.69 Å². The van der Waals surface area contributed by atoms with Gasteiger partial charge in [-0.25, -0.2) is 0 Å². The molecule has 0 N–H and O–H groups in total. The van der Waals surface area contributed by atoms with Crippen molar-refractivity contribution in [3.05, 3.63) is 29.6 Å². The Balaban J connectivity index is 3.03. The molecule has 0 spiro atoms. The van der Waals surface area contributed by atoms with Crippen LogP contribution in [0.1, 0.15) is 16.1 Å². The quantitative estimate of drug-likeness (QED) is 0.466. The molecule has 0 saturated heterocycles. The predicted octanol–water partition coefficient (Wildman–Crippen LogP) is 1.44. The van der Waals surface area contributed by atoms with Gasteiger partial charge in [0.25, 0.3) is 5.24 Å². The largest absolute Gasteiger partial charge is 0.274 e. The van der Waals surface area contributed by atoms with Crippen molar-refractivity contribution in [1.82, 2.24) is 4.98 Å². The van der Waals surface area contributed by atoms with E-state index in [9.17, 15) is 4.79 Å². The van der Waals surface area contributed by atoms with Crippen LogP contribution in [0.3, 0.4) is 0 Å². The highest BCUT2D eigenvalue weighted by molar-refractivity contribution is 6.67. The van der Waals surface area contributed by atoms with E-state index >= 15 is 0 Å². The van der Waals surface area contributed by atoms with Gasteiger partial charge in [-0.05, 0) is 23.7 Å². The van der Waals surface area contributed by atoms with E-state index in [1.54, 1.807) is 6.07 Å². The highest BCUT2D eigenvalue weighted by Gasteiger charge is 2.00. The third kappa shape index (κ3) is 1.79. The van der Waals surface area contributed by atoms with E-state index in [1.807, 2.05) is 0 Å². The van der Waals surface area contributed by atoms with Crippen LogP contribution in [0.25, 0.3) is 0 Å². The molecular formula is C8H4ClNO. The molecule has 11 heavy (non-hydrogen) atoms. The summed E-state index contributed by atoms with van der Waals surface area (Å²) < 4.78 is 0. The molecule has 0 unspecified atom stereocenters. The van der Waals surface area contributed by atoms with Crippen molar-refractivity contribution in [3.8, 4) is 12.3 Å². The van der Waals surface area contributed by atoms with Crippen molar-refractivity contribution in [3.63, 3.8) is 0 Å². The molecule has 0 radical (unpaired) electrons. The van der Waals surface area contributed by atoms with Gasteiger partial charge in [-0.15, -0.1) is 6.42 Å². The number of pyridine rings is 1. The fourth-order valence-electron chi connectivity index (χ4n) is 0.596. The number of carbonyl (C=O) groups is 1. The Morgan fingerprint density at radius 1 is 1.64 bits per heavy atom. The smallest absolute Gasteiger partial charge is 0.270 e. The monoisotopic (exact) mass is 165 g/mol. The van der Waals surface area contributed by atoms with Gasteiger partial charge in [0.2, 0.25) is 0 Å². The second-order valence-electron chi connectivity index (χ2n) is 1.85. The first-order valence-electron chi connectivity index (χ1n) is 2.86. The zero-order valence-electron chi connectivity index (χ0n) is 5.54. The summed E-state index contributed by atoms with van der Waals surface area (Å²) >= 11 is 5.15. The van der Waals surface area contributed by atoms with E-state index < -0.39 is 5.24 Å². The van der Waals surface area contributed by atoms with Gasteiger partial charge in [0.15, 0.2) is 0 Å². The molecule has 1 rings (SSSR count). The lowest BCUT2D eigenvalue weighted by Crippen LogP contribution is -1.92. The van der Waals surface area contributed by atoms with Crippen molar-refractivity contribution in [2.75, 3.05) is 0 Å². The maximum absolute atomic E-state index is 10.5. The standard InChI is InChI=1S/C8H4ClNO/c1-2-6-3-4-7(8(9)11)10-5-6/h1,3-5H. The van der Waals surface area contributed by atoms with Crippen LogP contribution in [0.4, 0.5) is 0 Å². The van der Waals surface area contributed by atoms with Gasteiger partial charge in [-0.1, -0.05) is 5.92 Å². The lowest BCUT2D eigenvalue weighted by molar-refractivity contribution is 0.107. The van der Waals surface area contributed by atoms with Crippen molar-refractivity contribution in [1.29, 1.82) is 0 Å². The van der Waals surface area contributed by atoms with Crippen LogP contribution in [-0.2, 0) is 0 Å². The minimum absolute atomic E-state index is 0.214. The molecule has 0 bridgehead atoms. The third-order valence-corrected chi connectivity index (χ3v) is 1.33. The number of rotatable bonds is 1. The van der Waals surface area contributed by atoms with Crippen molar-refractivity contribution < 1.29 is 4.79 Å². The zero-order valence-corrected chi connectivity index (χ0v) is 6.30. The highest BCUT2D eigenvalue weighted by atomic mass is 35.5. The summed E-state index contributed by atoms with van der Waals surface area (Å²) in [6.07, 6.45) is 6.49. The number of hydrogen-bond acceptors (Lipinski definition) is 2. The summed E-state index contributed by atoms with van der Waals surface area (Å²) in [6, 6.07) is 3.10. The van der Waals surface area contributed by atoms with Crippen molar-refractivity contribution >= 4 is 16.8 Å². The maximum Gasteiger partial charge on any atom is 0.270 e. The SMILES string of the molecule is C#Cc1ccc(C(=O)Cl)nc1. The fraction of sp³-hybridized carbons (Fsp3) is 0. The second-order valence-corrected chi connectivity index (χ2v) is 2.19. The van der Waals surface area contributed by atoms with Gasteiger partial charge in [-0.2, -0.15) is 0 Å². The molecule has 0 aromatic carbocycles. The van der Waals surface area contributed by atoms with Crippen molar-refractivity contribution in [2.24, 2.45) is 0 Å². The Labute approximate surface area is 69.2 Å². The molecule has 1 heterocycles. The molecule has 0 aliphatic rings. The summed E-state index contributed by atoms with van der Waals surface area (Å²) in [5, 5.41) is -0.575. The van der Waals surface area contributed by atoms with E-state index in [2.05, 4.69) is 10.9 Å². The molecule has 3 heteroatoms. The molecule has 54 valence electrons. The van der Waals surface area contributed by atoms with E-state index in [0.717, 1.165) is 0 Å². The number of halogens is 1. The number of nitrogens with zero attached hydrogens (tertiary/aromatic N) is 1. The molecule has 0 atom stereocenters. The maximum atomic E-state index is 10.5. The van der Waals surface area contributed by atoms with E-state index in [1.165, 1.54) is 12.3 Å². The van der Waals surface area contributed by atoms with Crippen LogP contribution in [0.15, 0.2) is 18.3 Å². The van der Waals surface area contributed by atoms with Gasteiger partial charge >= 0.3 is 0 Å². The highest BCUT2D eigenvalue weighted by Crippen LogP contribution is 2.01. The second kappa shape index (κ2) is 3.18. The minimum atomic E-state index is -0.575. The Bertz CT molecular complexity index is 310. The minimum Gasteiger partial charge on any atom is -0.274 e. The lowest BCUT2D eigenvalue weighted by atomic mass is 10.3. The number of terminal acetylenes is 1. The first-order valence-corrected chi connectivity index (χ1v) is 3.24. The Morgan fingerprint density at radius 3 is 2.73 bits per heavy atom. The van der Waals surface area contributed by atoms with Crippen LogP contribution in [0.2, 0.25) is 0 Å². The summed E-state index contributed by atoms with van der Waals surface area (Å²) in [7, 11) is 0. The van der Waals surface area contributed by atoms with Gasteiger partial charge in [0.05, 0.1) is 0 Å². The average molecular weight is 166 g/mol. The molecule has 0 aliphatic carbocycles. The molecule has 0 amide bonds. The summed E-state index contributed by atoms with van der Waals surface area (Å²) in [5.41, 5.74) is 0.845. The van der Waals surface area contributed by atoms with E-state index in [0.29, 0.717) is 5.56 Å². The van der Waals surface area contributed by atoms with Gasteiger partial charge < -0.3 is 0 Å². The summed E-state index contributed by atoms with van der Waals surface area (Å²) in [4.78, 5) is 14.2. The normalized spacial score (nSPS) is 8.73. The molecule has 0 aliphatic heterocycles. The number of hydrogen-bond donors (Lipinski definition) is 0. The van der Waals surface area contributed by atoms with E-state index in [4.69, 9.17) is 18.0 Å². The third-order valence-electron chi connectivity index (χ3n) is 1.13. The number of carbonyl (C=O) groups excluding carboxylic acids is 1. The summed E-state index contributed by atoms with van der Waals surface area (Å²) in [5.74, 6) is 2.38. The predicted molar refractivity (Wildman–Crippen MR) is 42.4 cm³/mol. The van der Waals surface area contributed by atoms with Crippen LogP contribution in [0, 0.1) is 12.3 Å².